The van der Waals surface area contributed by atoms with Gasteiger partial charge in [-0.1, -0.05) is 57.2 Å². The van der Waals surface area contributed by atoms with Crippen molar-refractivity contribution in [3.63, 3.8) is 0 Å². The van der Waals surface area contributed by atoms with Crippen LogP contribution in [0.5, 0.6) is 0 Å². The van der Waals surface area contributed by atoms with Crippen LogP contribution in [0, 0.1) is 10.8 Å². The molecule has 1 atom stereocenters. The van der Waals surface area contributed by atoms with E-state index in [4.69, 9.17) is 15.6 Å². The fourth-order valence-electron chi connectivity index (χ4n) is 3.95. The highest BCUT2D eigenvalue weighted by Crippen LogP contribution is 2.19. The predicted molar refractivity (Wildman–Crippen MR) is 154 cm³/mol. The van der Waals surface area contributed by atoms with E-state index in [2.05, 4.69) is 15.6 Å². The number of amides is 1. The number of rotatable bonds is 13. The van der Waals surface area contributed by atoms with E-state index < -0.39 is 35.9 Å². The molecule has 0 aliphatic heterocycles. The third kappa shape index (κ3) is 7.25. The molecule has 11 nitrogen and oxygen atoms in total. The summed E-state index contributed by atoms with van der Waals surface area (Å²) in [6.45, 7) is 6.04. The number of nitrogens with one attached hydrogen (secondary N) is 4. The van der Waals surface area contributed by atoms with E-state index in [-0.39, 0.29) is 42.7 Å². The van der Waals surface area contributed by atoms with Crippen molar-refractivity contribution >= 4 is 45.7 Å². The van der Waals surface area contributed by atoms with Crippen LogP contribution in [0.3, 0.4) is 0 Å². The molecule has 2 aromatic carbocycles. The zero-order valence-corrected chi connectivity index (χ0v) is 23.0. The number of benzene rings is 2. The van der Waals surface area contributed by atoms with Crippen molar-refractivity contribution in [2.24, 2.45) is 0 Å². The van der Waals surface area contributed by atoms with E-state index in [1.807, 2.05) is 38.1 Å². The molecule has 0 aliphatic carbocycles. The van der Waals surface area contributed by atoms with Gasteiger partial charge in [-0.25, -0.2) is 9.78 Å². The molecule has 1 unspecified atom stereocenters. The summed E-state index contributed by atoms with van der Waals surface area (Å²) in [5.74, 6) is -1.79. The normalized spacial score (nSPS) is 11.6. The minimum Gasteiger partial charge on any atom is -0.454 e. The largest absolute Gasteiger partial charge is 0.454 e. The number of hydrogen-bond donors (Lipinski definition) is 4. The molecule has 0 spiro atoms. The summed E-state index contributed by atoms with van der Waals surface area (Å²) in [5, 5.41) is 22.3. The lowest BCUT2D eigenvalue weighted by molar-refractivity contribution is -0.128. The Kier molecular flexibility index (Phi) is 10.0. The molecule has 4 N–H and O–H groups in total. The highest BCUT2D eigenvalue weighted by atomic mass is 16.5. The van der Waals surface area contributed by atoms with E-state index in [0.29, 0.717) is 16.6 Å². The number of Topliss-reactive ketones (excluding diaryl/α,β-unsaturated/α-hetero) is 1. The Morgan fingerprint density at radius 2 is 1.75 bits per heavy atom. The lowest BCUT2D eigenvalue weighted by Crippen LogP contribution is -2.41. The first-order valence-corrected chi connectivity index (χ1v) is 13.0. The van der Waals surface area contributed by atoms with Gasteiger partial charge in [-0.05, 0) is 36.1 Å². The number of ketones is 1. The molecule has 0 aliphatic rings. The highest BCUT2D eigenvalue weighted by molar-refractivity contribution is 6.40. The third-order valence-corrected chi connectivity index (χ3v) is 6.28. The fraction of sp³-hybridized carbons (Fsp3) is 0.345. The van der Waals surface area contributed by atoms with Gasteiger partial charge in [-0.3, -0.25) is 19.0 Å². The molecule has 0 fully saturated rings. The van der Waals surface area contributed by atoms with Crippen LogP contribution < -0.4 is 16.2 Å². The molecule has 0 saturated heterocycles. The number of carbonyl (C=O) groups is 3. The lowest BCUT2D eigenvalue weighted by Gasteiger charge is -2.20. The van der Waals surface area contributed by atoms with Crippen molar-refractivity contribution in [1.29, 1.82) is 10.8 Å². The maximum atomic E-state index is 13.2. The van der Waals surface area contributed by atoms with Crippen molar-refractivity contribution in [3.05, 3.63) is 70.3 Å². The molecule has 1 aromatic heterocycles. The number of anilines is 1. The smallest absolute Gasteiger partial charge is 0.339 e. The summed E-state index contributed by atoms with van der Waals surface area (Å²) >= 11 is 0. The molecule has 0 saturated carbocycles. The molecule has 3 aromatic rings. The quantitative estimate of drug-likeness (QED) is 0.188. The standard InChI is InChI=1S/C29H34N6O5/c1-5-25(35-15-24(17(2)3)34-26(28(35)38)32-14-23(31)18(4)30)27(37)33-13-20(36)16-40-29(39)22-12-8-10-19-9-6-7-11-21(19)22/h6-12,15,17,25,30-31H,5,13-14,16H2,1-4H3,(H,32,34)(H,33,37). The van der Waals surface area contributed by atoms with Crippen molar-refractivity contribution in [3.8, 4) is 0 Å². The van der Waals surface area contributed by atoms with Crippen LogP contribution in [0.4, 0.5) is 5.82 Å². The summed E-state index contributed by atoms with van der Waals surface area (Å²) in [5.41, 5.74) is 0.410. The first-order chi connectivity index (χ1) is 19.0. The Bertz CT molecular complexity index is 1510. The minimum absolute atomic E-state index is 0.00662. The van der Waals surface area contributed by atoms with E-state index in [0.717, 1.165) is 5.39 Å². The van der Waals surface area contributed by atoms with E-state index in [1.54, 1.807) is 25.1 Å². The third-order valence-electron chi connectivity index (χ3n) is 6.28. The van der Waals surface area contributed by atoms with Crippen LogP contribution in [0.15, 0.2) is 53.5 Å². The molecule has 0 radical (unpaired) electrons. The molecule has 1 heterocycles. The van der Waals surface area contributed by atoms with Crippen molar-refractivity contribution < 1.29 is 19.1 Å². The minimum atomic E-state index is -0.927. The topological polar surface area (TPSA) is 167 Å². The van der Waals surface area contributed by atoms with Crippen LogP contribution in [0.2, 0.25) is 0 Å². The van der Waals surface area contributed by atoms with Crippen molar-refractivity contribution in [1.82, 2.24) is 14.9 Å². The van der Waals surface area contributed by atoms with Crippen LogP contribution in [-0.4, -0.2) is 58.3 Å². The Balaban J connectivity index is 1.67. The number of aromatic nitrogens is 2. The average Bonchev–Trinajstić information content (AvgIpc) is 2.94. The van der Waals surface area contributed by atoms with Gasteiger partial charge in [0.25, 0.3) is 5.56 Å². The summed E-state index contributed by atoms with van der Waals surface area (Å²) in [7, 11) is 0. The lowest BCUT2D eigenvalue weighted by atomic mass is 10.1. The second kappa shape index (κ2) is 13.4. The summed E-state index contributed by atoms with van der Waals surface area (Å²) in [6, 6.07) is 11.6. The van der Waals surface area contributed by atoms with Gasteiger partial charge in [0.05, 0.1) is 35.8 Å². The Hall–Kier alpha value is -4.67. The zero-order valence-electron chi connectivity index (χ0n) is 23.0. The summed E-state index contributed by atoms with van der Waals surface area (Å²) in [4.78, 5) is 55.6. The summed E-state index contributed by atoms with van der Waals surface area (Å²) < 4.78 is 6.47. The van der Waals surface area contributed by atoms with Crippen molar-refractivity contribution in [2.75, 3.05) is 25.0 Å². The van der Waals surface area contributed by atoms with Gasteiger partial charge < -0.3 is 26.2 Å². The number of esters is 1. The second-order valence-corrected chi connectivity index (χ2v) is 9.62. The van der Waals surface area contributed by atoms with Crippen molar-refractivity contribution in [2.45, 2.75) is 46.1 Å². The monoisotopic (exact) mass is 546 g/mol. The molecule has 1 amide bonds. The Morgan fingerprint density at radius 1 is 1.05 bits per heavy atom. The first-order valence-electron chi connectivity index (χ1n) is 13.0. The van der Waals surface area contributed by atoms with Crippen LogP contribution >= 0.6 is 0 Å². The SMILES string of the molecule is CCC(C(=O)NCC(=O)COC(=O)c1cccc2ccccc12)n1cc(C(C)C)nc(NCC(=N)C(C)=N)c1=O. The second-order valence-electron chi connectivity index (χ2n) is 9.62. The Morgan fingerprint density at radius 3 is 2.42 bits per heavy atom. The number of carbonyl (C=O) groups excluding carboxylic acids is 3. The number of ether oxygens (including phenoxy) is 1. The highest BCUT2D eigenvalue weighted by Gasteiger charge is 2.24. The molecule has 3 rings (SSSR count). The summed E-state index contributed by atoms with van der Waals surface area (Å²) in [6.07, 6.45) is 1.78. The molecule has 40 heavy (non-hydrogen) atoms. The van der Waals surface area contributed by atoms with Gasteiger partial charge in [-0.2, -0.15) is 0 Å². The number of nitrogens with zero attached hydrogens (tertiary/aromatic N) is 2. The molecular formula is C29H34N6O5. The van der Waals surface area contributed by atoms with Gasteiger partial charge in [0, 0.05) is 6.20 Å². The predicted octanol–water partition coefficient (Wildman–Crippen LogP) is 3.48. The van der Waals surface area contributed by atoms with Gasteiger partial charge in [0.15, 0.2) is 18.2 Å². The molecule has 210 valence electrons. The molecule has 11 heteroatoms. The van der Waals surface area contributed by atoms with Gasteiger partial charge >= 0.3 is 5.97 Å². The number of hydrogen-bond acceptors (Lipinski definition) is 9. The van der Waals surface area contributed by atoms with E-state index in [1.165, 1.54) is 17.7 Å². The maximum Gasteiger partial charge on any atom is 0.339 e. The van der Waals surface area contributed by atoms with Crippen LogP contribution in [-0.2, 0) is 14.3 Å². The number of fused-ring (bicyclic) bond motifs is 1. The zero-order chi connectivity index (χ0) is 29.4. The molecular weight excluding hydrogens is 512 g/mol. The average molecular weight is 547 g/mol. The van der Waals surface area contributed by atoms with Gasteiger partial charge in [-0.15, -0.1) is 0 Å². The fourth-order valence-corrected chi connectivity index (χ4v) is 3.95. The Labute approximate surface area is 232 Å². The van der Waals surface area contributed by atoms with Crippen LogP contribution in [0.25, 0.3) is 10.8 Å². The molecule has 0 bridgehead atoms. The van der Waals surface area contributed by atoms with E-state index >= 15 is 0 Å². The first kappa shape index (κ1) is 29.9. The van der Waals surface area contributed by atoms with Crippen LogP contribution in [0.1, 0.15) is 62.1 Å². The van der Waals surface area contributed by atoms with E-state index in [9.17, 15) is 19.2 Å². The van der Waals surface area contributed by atoms with Gasteiger partial charge in [0.1, 0.15) is 6.04 Å². The maximum absolute atomic E-state index is 13.2. The van der Waals surface area contributed by atoms with Gasteiger partial charge in [0.2, 0.25) is 5.91 Å².